The quantitative estimate of drug-likeness (QED) is 0.268. The molecule has 4 rings (SSSR count). The SMILES string of the molecule is COC1(NC(=O)Cn2cnnn2)C(=O)N2C(C(=O)O)C(CSc3nnc(C)s3)CS[C@H]21. The van der Waals surface area contributed by atoms with Crippen LogP contribution in [-0.2, 0) is 25.7 Å². The van der Waals surface area contributed by atoms with E-state index in [9.17, 15) is 19.5 Å². The lowest BCUT2D eigenvalue weighted by molar-refractivity contribution is -0.206. The van der Waals surface area contributed by atoms with E-state index >= 15 is 0 Å². The summed E-state index contributed by atoms with van der Waals surface area (Å²) in [6.45, 7) is 1.64. The van der Waals surface area contributed by atoms with Crippen LogP contribution in [0.1, 0.15) is 5.01 Å². The zero-order chi connectivity index (χ0) is 22.2. The van der Waals surface area contributed by atoms with E-state index in [0.717, 1.165) is 9.35 Å². The van der Waals surface area contributed by atoms with Gasteiger partial charge in [0.05, 0.1) is 0 Å². The Morgan fingerprint density at radius 1 is 1.45 bits per heavy atom. The first-order chi connectivity index (χ1) is 14.9. The minimum absolute atomic E-state index is 0.203. The molecule has 3 unspecified atom stereocenters. The number of aromatic nitrogens is 6. The lowest BCUT2D eigenvalue weighted by Gasteiger charge is -2.59. The highest BCUT2D eigenvalue weighted by atomic mass is 32.2. The monoisotopic (exact) mass is 486 g/mol. The normalized spacial score (nSPS) is 27.5. The Labute approximate surface area is 188 Å². The average molecular weight is 487 g/mol. The van der Waals surface area contributed by atoms with Crippen LogP contribution in [0, 0.1) is 12.8 Å². The standard InChI is InChI=1S/C15H18N8O5S3/c1-7-18-19-14(31-7)30-5-8-4-29-13-15(28-2,12(27)23(13)10(8)11(25)26)17-9(24)3-22-6-16-20-21-22/h6,8,10,13H,3-5H2,1-2H3,(H,17,24)(H,25,26)/t8?,10?,13-,15?/m0/s1. The maximum absolute atomic E-state index is 13.1. The van der Waals surface area contributed by atoms with Crippen LogP contribution in [0.15, 0.2) is 10.7 Å². The minimum atomic E-state index is -1.63. The van der Waals surface area contributed by atoms with E-state index in [0.29, 0.717) is 11.5 Å². The lowest BCUT2D eigenvalue weighted by Crippen LogP contribution is -2.84. The number of hydrogen-bond acceptors (Lipinski definition) is 12. The molecule has 2 aliphatic rings. The van der Waals surface area contributed by atoms with Crippen LogP contribution in [0.2, 0.25) is 0 Å². The number of thioether (sulfide) groups is 2. The number of fused-ring (bicyclic) bond motifs is 1. The summed E-state index contributed by atoms with van der Waals surface area (Å²) in [5.41, 5.74) is -1.63. The van der Waals surface area contributed by atoms with Crippen LogP contribution in [0.5, 0.6) is 0 Å². The third-order valence-corrected chi connectivity index (χ3v) is 8.55. The van der Waals surface area contributed by atoms with Crippen LogP contribution >= 0.6 is 34.9 Å². The highest BCUT2D eigenvalue weighted by molar-refractivity contribution is 8.01. The molecule has 2 aliphatic heterocycles. The van der Waals surface area contributed by atoms with Gasteiger partial charge in [-0.05, 0) is 17.4 Å². The lowest BCUT2D eigenvalue weighted by atomic mass is 9.92. The third-order valence-electron chi connectivity index (χ3n) is 4.89. The topological polar surface area (TPSA) is 165 Å². The largest absolute Gasteiger partial charge is 0.480 e. The number of hydrogen-bond donors (Lipinski definition) is 2. The number of aliphatic carboxylic acids is 1. The van der Waals surface area contributed by atoms with Crippen LogP contribution in [0.25, 0.3) is 0 Å². The fourth-order valence-corrected chi connectivity index (χ4v) is 7.24. The highest BCUT2D eigenvalue weighted by Crippen LogP contribution is 2.47. The second kappa shape index (κ2) is 8.68. The van der Waals surface area contributed by atoms with Gasteiger partial charge in [0.25, 0.3) is 11.6 Å². The van der Waals surface area contributed by atoms with Gasteiger partial charge in [0.1, 0.15) is 29.3 Å². The van der Waals surface area contributed by atoms with Gasteiger partial charge in [-0.2, -0.15) is 0 Å². The number of β-lactam (4-membered cyclic amide) rings is 1. The zero-order valence-electron chi connectivity index (χ0n) is 16.4. The van der Waals surface area contributed by atoms with Gasteiger partial charge in [-0.25, -0.2) is 9.48 Å². The fourth-order valence-electron chi connectivity index (χ4n) is 3.51. The number of carboxylic acids is 1. The molecule has 2 aromatic rings. The molecule has 13 nitrogen and oxygen atoms in total. The molecule has 31 heavy (non-hydrogen) atoms. The summed E-state index contributed by atoms with van der Waals surface area (Å²) in [6, 6.07) is -1.03. The smallest absolute Gasteiger partial charge is 0.326 e. The van der Waals surface area contributed by atoms with E-state index in [2.05, 4.69) is 31.0 Å². The molecule has 4 heterocycles. The van der Waals surface area contributed by atoms with Gasteiger partial charge in [-0.1, -0.05) is 23.1 Å². The summed E-state index contributed by atoms with van der Waals surface area (Å²) in [5, 5.41) is 31.1. The number of carbonyl (C=O) groups excluding carboxylic acids is 2. The van der Waals surface area contributed by atoms with Gasteiger partial charge < -0.3 is 20.1 Å². The Bertz CT molecular complexity index is 987. The van der Waals surface area contributed by atoms with Crippen molar-refractivity contribution >= 4 is 52.6 Å². The Morgan fingerprint density at radius 2 is 2.26 bits per heavy atom. The average Bonchev–Trinajstić information content (AvgIpc) is 3.40. The number of rotatable bonds is 8. The summed E-state index contributed by atoms with van der Waals surface area (Å²) in [4.78, 5) is 38.8. The molecular weight excluding hydrogens is 468 g/mol. The molecule has 0 aromatic carbocycles. The highest BCUT2D eigenvalue weighted by Gasteiger charge is 2.68. The van der Waals surface area contributed by atoms with E-state index < -0.39 is 34.9 Å². The van der Waals surface area contributed by atoms with E-state index in [1.54, 1.807) is 0 Å². The van der Waals surface area contributed by atoms with Gasteiger partial charge in [0.2, 0.25) is 5.91 Å². The summed E-state index contributed by atoms with van der Waals surface area (Å²) in [5.74, 6) is -1.57. The Balaban J connectivity index is 1.46. The molecule has 0 saturated carbocycles. The van der Waals surface area contributed by atoms with E-state index in [1.807, 2.05) is 6.92 Å². The number of carbonyl (C=O) groups is 3. The van der Waals surface area contributed by atoms with Crippen molar-refractivity contribution < 1.29 is 24.2 Å². The molecular formula is C15H18N8O5S3. The molecule has 16 heteroatoms. The van der Waals surface area contributed by atoms with Crippen molar-refractivity contribution in [2.24, 2.45) is 5.92 Å². The summed E-state index contributed by atoms with van der Waals surface area (Å²) in [7, 11) is 1.31. The Kier molecular flexibility index (Phi) is 6.14. The number of nitrogens with one attached hydrogen (secondary N) is 1. The molecule has 4 atom stereocenters. The number of amides is 2. The fraction of sp³-hybridized carbons (Fsp3) is 0.600. The molecule has 0 radical (unpaired) electrons. The predicted molar refractivity (Wildman–Crippen MR) is 109 cm³/mol. The van der Waals surface area contributed by atoms with Crippen molar-refractivity contribution in [1.82, 2.24) is 40.6 Å². The van der Waals surface area contributed by atoms with E-state index in [1.165, 1.54) is 57.9 Å². The maximum Gasteiger partial charge on any atom is 0.326 e. The number of carboxylic acid groups (broad SMARTS) is 1. The second-order valence-electron chi connectivity index (χ2n) is 6.83. The van der Waals surface area contributed by atoms with Gasteiger partial charge in [0, 0.05) is 24.5 Å². The third kappa shape index (κ3) is 3.99. The van der Waals surface area contributed by atoms with Crippen LogP contribution in [0.3, 0.4) is 0 Å². The molecule has 0 bridgehead atoms. The van der Waals surface area contributed by atoms with Crippen molar-refractivity contribution in [1.29, 1.82) is 0 Å². The van der Waals surface area contributed by atoms with Crippen molar-refractivity contribution in [3.05, 3.63) is 11.3 Å². The van der Waals surface area contributed by atoms with Gasteiger partial charge in [-0.15, -0.1) is 27.1 Å². The molecule has 2 N–H and O–H groups in total. The van der Waals surface area contributed by atoms with Gasteiger partial charge in [0.15, 0.2) is 4.34 Å². The van der Waals surface area contributed by atoms with E-state index in [4.69, 9.17) is 4.74 Å². The van der Waals surface area contributed by atoms with Crippen molar-refractivity contribution in [2.45, 2.75) is 34.9 Å². The Morgan fingerprint density at radius 3 is 2.87 bits per heavy atom. The second-order valence-corrected chi connectivity index (χ2v) is 10.4. The van der Waals surface area contributed by atoms with E-state index in [-0.39, 0.29) is 12.5 Å². The summed E-state index contributed by atoms with van der Waals surface area (Å²) in [6.07, 6.45) is 1.27. The van der Waals surface area contributed by atoms with Crippen molar-refractivity contribution in [2.75, 3.05) is 18.6 Å². The molecule has 2 aromatic heterocycles. The van der Waals surface area contributed by atoms with Crippen LogP contribution < -0.4 is 5.32 Å². The number of tetrazole rings is 1. The first-order valence-electron chi connectivity index (χ1n) is 9.02. The van der Waals surface area contributed by atoms with Crippen molar-refractivity contribution in [3.8, 4) is 0 Å². The first-order valence-corrected chi connectivity index (χ1v) is 11.9. The molecule has 2 saturated heterocycles. The zero-order valence-corrected chi connectivity index (χ0v) is 18.8. The number of methoxy groups -OCH3 is 1. The molecule has 2 amide bonds. The molecule has 0 aliphatic carbocycles. The number of nitrogens with zero attached hydrogens (tertiary/aromatic N) is 7. The number of ether oxygens (including phenoxy) is 1. The Hall–Kier alpha value is -2.30. The first kappa shape index (κ1) is 21.9. The molecule has 2 fully saturated rings. The van der Waals surface area contributed by atoms with Crippen LogP contribution in [0.4, 0.5) is 0 Å². The summed E-state index contributed by atoms with van der Waals surface area (Å²) >= 11 is 4.24. The molecule has 166 valence electrons. The molecule has 0 spiro atoms. The minimum Gasteiger partial charge on any atom is -0.480 e. The number of aryl methyl sites for hydroxylation is 1. The van der Waals surface area contributed by atoms with Gasteiger partial charge in [-0.3, -0.25) is 9.59 Å². The van der Waals surface area contributed by atoms with Crippen molar-refractivity contribution in [3.63, 3.8) is 0 Å². The van der Waals surface area contributed by atoms with Crippen LogP contribution in [-0.4, -0.2) is 94.0 Å². The maximum atomic E-state index is 13.1. The predicted octanol–water partition coefficient (Wildman–Crippen LogP) is -0.931. The van der Waals surface area contributed by atoms with Gasteiger partial charge >= 0.3 is 5.97 Å². The summed E-state index contributed by atoms with van der Waals surface area (Å²) < 4.78 is 7.38.